The van der Waals surface area contributed by atoms with Crippen LogP contribution >= 0.6 is 0 Å². The van der Waals surface area contributed by atoms with Gasteiger partial charge in [-0.15, -0.1) is 0 Å². The summed E-state index contributed by atoms with van der Waals surface area (Å²) in [6.45, 7) is 4.32. The second kappa shape index (κ2) is 6.09. The predicted octanol–water partition coefficient (Wildman–Crippen LogP) is 3.40. The van der Waals surface area contributed by atoms with Gasteiger partial charge < -0.3 is 5.32 Å². The van der Waals surface area contributed by atoms with Crippen molar-refractivity contribution >= 4 is 15.5 Å². The normalized spacial score (nSPS) is 11.3. The number of benzene rings is 2. The molecule has 106 valence electrons. The fourth-order valence-electron chi connectivity index (χ4n) is 2.04. The third-order valence-corrected chi connectivity index (χ3v) is 5.12. The van der Waals surface area contributed by atoms with Crippen LogP contribution in [-0.4, -0.2) is 14.2 Å². The van der Waals surface area contributed by atoms with Crippen LogP contribution in [0.4, 0.5) is 5.69 Å². The van der Waals surface area contributed by atoms with Gasteiger partial charge >= 0.3 is 0 Å². The second-order valence-corrected chi connectivity index (χ2v) is 6.93. The number of nitrogens with one attached hydrogen (secondary N) is 1. The monoisotopic (exact) mass is 289 g/mol. The second-order valence-electron chi connectivity index (χ2n) is 4.68. The van der Waals surface area contributed by atoms with Gasteiger partial charge in [0.1, 0.15) is 0 Å². The summed E-state index contributed by atoms with van der Waals surface area (Å²) >= 11 is 0. The highest BCUT2D eigenvalue weighted by Gasteiger charge is 2.15. The van der Waals surface area contributed by atoms with Crippen molar-refractivity contribution in [1.29, 1.82) is 0 Å². The van der Waals surface area contributed by atoms with Crippen molar-refractivity contribution in [3.8, 4) is 0 Å². The average molecular weight is 289 g/mol. The maximum Gasteiger partial charge on any atom is 0.180 e. The maximum atomic E-state index is 12.1. The highest BCUT2D eigenvalue weighted by molar-refractivity contribution is 7.91. The lowest BCUT2D eigenvalue weighted by Gasteiger charge is -2.13. The van der Waals surface area contributed by atoms with E-state index in [9.17, 15) is 8.42 Å². The zero-order valence-corrected chi connectivity index (χ0v) is 12.6. The van der Waals surface area contributed by atoms with Crippen LogP contribution < -0.4 is 5.32 Å². The zero-order valence-electron chi connectivity index (χ0n) is 11.8. The van der Waals surface area contributed by atoms with Crippen LogP contribution in [0, 0.1) is 6.92 Å². The molecule has 0 amide bonds. The van der Waals surface area contributed by atoms with E-state index in [1.54, 1.807) is 25.1 Å². The minimum Gasteiger partial charge on any atom is -0.380 e. The van der Waals surface area contributed by atoms with Crippen LogP contribution in [0.1, 0.15) is 18.1 Å². The first-order valence-electron chi connectivity index (χ1n) is 6.65. The highest BCUT2D eigenvalue weighted by atomic mass is 32.2. The molecule has 1 N–H and O–H groups in total. The molecule has 0 atom stereocenters. The molecule has 0 aliphatic carbocycles. The number of sulfone groups is 1. The molecule has 20 heavy (non-hydrogen) atoms. The summed E-state index contributed by atoms with van der Waals surface area (Å²) in [4.78, 5) is 0.371. The standard InChI is InChI=1S/C16H19NO2S/c1-3-20(18,19)16-11-7-6-10-15(16)17-12-14-9-5-4-8-13(14)2/h4-11,17H,3,12H2,1-2H3. The molecule has 2 aromatic carbocycles. The number of aryl methyl sites for hydroxylation is 1. The van der Waals surface area contributed by atoms with Gasteiger partial charge in [0.15, 0.2) is 9.84 Å². The molecule has 4 heteroatoms. The first-order chi connectivity index (χ1) is 9.54. The third-order valence-electron chi connectivity index (χ3n) is 3.33. The Bertz CT molecular complexity index is 693. The van der Waals surface area contributed by atoms with Crippen molar-refractivity contribution in [2.75, 3.05) is 11.1 Å². The minimum absolute atomic E-state index is 0.107. The Morgan fingerprint density at radius 1 is 1.00 bits per heavy atom. The van der Waals surface area contributed by atoms with Crippen LogP contribution in [0.15, 0.2) is 53.4 Å². The molecule has 0 fully saturated rings. The molecule has 0 aromatic heterocycles. The zero-order chi connectivity index (χ0) is 14.6. The lowest BCUT2D eigenvalue weighted by molar-refractivity contribution is 0.597. The van der Waals surface area contributed by atoms with Gasteiger partial charge in [-0.1, -0.05) is 43.3 Å². The average Bonchev–Trinajstić information content (AvgIpc) is 2.47. The van der Waals surface area contributed by atoms with Crippen LogP contribution in [0.5, 0.6) is 0 Å². The highest BCUT2D eigenvalue weighted by Crippen LogP contribution is 2.23. The van der Waals surface area contributed by atoms with Crippen molar-refractivity contribution < 1.29 is 8.42 Å². The predicted molar refractivity (Wildman–Crippen MR) is 82.7 cm³/mol. The number of hydrogen-bond donors (Lipinski definition) is 1. The van der Waals surface area contributed by atoms with Gasteiger partial charge in [0.2, 0.25) is 0 Å². The molecule has 0 bridgehead atoms. The molecule has 3 nitrogen and oxygen atoms in total. The molecule has 0 aliphatic heterocycles. The van der Waals surface area contributed by atoms with E-state index in [-0.39, 0.29) is 5.75 Å². The molecule has 0 radical (unpaired) electrons. The summed E-state index contributed by atoms with van der Waals surface area (Å²) in [5.74, 6) is 0.107. The van der Waals surface area contributed by atoms with Gasteiger partial charge in [0.25, 0.3) is 0 Å². The summed E-state index contributed by atoms with van der Waals surface area (Å²) in [5.41, 5.74) is 3.02. The Morgan fingerprint density at radius 3 is 2.35 bits per heavy atom. The Kier molecular flexibility index (Phi) is 4.45. The number of para-hydroxylation sites is 1. The topological polar surface area (TPSA) is 46.2 Å². The van der Waals surface area contributed by atoms with Crippen LogP contribution in [0.3, 0.4) is 0 Å². The molecule has 0 spiro atoms. The summed E-state index contributed by atoms with van der Waals surface area (Å²) < 4.78 is 24.1. The van der Waals surface area contributed by atoms with E-state index >= 15 is 0 Å². The minimum atomic E-state index is -3.21. The van der Waals surface area contributed by atoms with Gasteiger partial charge in [-0.2, -0.15) is 0 Å². The summed E-state index contributed by atoms with van der Waals surface area (Å²) in [5, 5.41) is 3.23. The fourth-order valence-corrected chi connectivity index (χ4v) is 3.11. The van der Waals surface area contributed by atoms with Crippen LogP contribution in [-0.2, 0) is 16.4 Å². The van der Waals surface area contributed by atoms with Crippen molar-refractivity contribution in [1.82, 2.24) is 0 Å². The lowest BCUT2D eigenvalue weighted by atomic mass is 10.1. The maximum absolute atomic E-state index is 12.1. The van der Waals surface area contributed by atoms with Crippen molar-refractivity contribution in [2.45, 2.75) is 25.3 Å². The molecular formula is C16H19NO2S. The molecule has 0 saturated carbocycles. The van der Waals surface area contributed by atoms with Gasteiger partial charge in [-0.05, 0) is 30.2 Å². The van der Waals surface area contributed by atoms with Crippen molar-refractivity contribution in [3.05, 3.63) is 59.7 Å². The Hall–Kier alpha value is -1.81. The first-order valence-corrected chi connectivity index (χ1v) is 8.30. The van der Waals surface area contributed by atoms with Crippen molar-refractivity contribution in [3.63, 3.8) is 0 Å². The molecule has 0 heterocycles. The number of anilines is 1. The van der Waals surface area contributed by atoms with E-state index in [0.717, 1.165) is 5.56 Å². The van der Waals surface area contributed by atoms with Crippen LogP contribution in [0.25, 0.3) is 0 Å². The van der Waals surface area contributed by atoms with E-state index in [0.29, 0.717) is 17.1 Å². The van der Waals surface area contributed by atoms with Gasteiger partial charge in [0, 0.05) is 6.54 Å². The molecule has 0 unspecified atom stereocenters. The molecular weight excluding hydrogens is 270 g/mol. The Labute approximate surface area is 120 Å². The van der Waals surface area contributed by atoms with E-state index in [4.69, 9.17) is 0 Å². The largest absolute Gasteiger partial charge is 0.380 e. The SMILES string of the molecule is CCS(=O)(=O)c1ccccc1NCc1ccccc1C. The third kappa shape index (κ3) is 3.20. The van der Waals surface area contributed by atoms with Crippen LogP contribution in [0.2, 0.25) is 0 Å². The van der Waals surface area contributed by atoms with Gasteiger partial charge in [-0.3, -0.25) is 0 Å². The van der Waals surface area contributed by atoms with Gasteiger partial charge in [-0.25, -0.2) is 8.42 Å². The molecule has 2 aromatic rings. The summed E-state index contributed by atoms with van der Waals surface area (Å²) in [6, 6.07) is 15.1. The lowest BCUT2D eigenvalue weighted by Crippen LogP contribution is -2.09. The first kappa shape index (κ1) is 14.6. The van der Waals surface area contributed by atoms with E-state index < -0.39 is 9.84 Å². The van der Waals surface area contributed by atoms with Crippen molar-refractivity contribution in [2.24, 2.45) is 0 Å². The van der Waals surface area contributed by atoms with Gasteiger partial charge in [0.05, 0.1) is 16.3 Å². The quantitative estimate of drug-likeness (QED) is 0.917. The summed E-state index contributed by atoms with van der Waals surface area (Å²) in [6.07, 6.45) is 0. The fraction of sp³-hybridized carbons (Fsp3) is 0.250. The van der Waals surface area contributed by atoms with E-state index in [1.807, 2.05) is 37.3 Å². The Balaban J connectivity index is 2.25. The number of hydrogen-bond acceptors (Lipinski definition) is 3. The summed E-state index contributed by atoms with van der Waals surface area (Å²) in [7, 11) is -3.21. The number of rotatable bonds is 5. The van der Waals surface area contributed by atoms with E-state index in [1.165, 1.54) is 5.56 Å². The molecule has 2 rings (SSSR count). The molecule has 0 saturated heterocycles. The molecule has 0 aliphatic rings. The van der Waals surface area contributed by atoms with E-state index in [2.05, 4.69) is 5.32 Å². The smallest absolute Gasteiger partial charge is 0.180 e. The Morgan fingerprint density at radius 2 is 1.65 bits per heavy atom.